The van der Waals surface area contributed by atoms with Gasteiger partial charge in [0.05, 0.1) is 0 Å². The summed E-state index contributed by atoms with van der Waals surface area (Å²) in [6.45, 7) is 4.61. The third kappa shape index (κ3) is 2.98. The quantitative estimate of drug-likeness (QED) is 0.845. The fourth-order valence-electron chi connectivity index (χ4n) is 2.16. The van der Waals surface area contributed by atoms with Gasteiger partial charge in [-0.3, -0.25) is 4.79 Å². The second-order valence-electron chi connectivity index (χ2n) is 4.56. The number of carbonyl (C=O) groups excluding carboxylic acids is 1. The predicted molar refractivity (Wildman–Crippen MR) is 88.0 cm³/mol. The number of aromatic nitrogens is 2. The fraction of sp³-hybridized carbons (Fsp3) is 0.308. The summed E-state index contributed by atoms with van der Waals surface area (Å²) in [7, 11) is 0. The van der Waals surface area contributed by atoms with Crippen LogP contribution in [-0.2, 0) is 4.79 Å². The number of likely N-dealkylation sites (N-methyl/N-ethyl adjacent to an activating group) is 1. The molecule has 0 aliphatic carbocycles. The average Bonchev–Trinajstić information content (AvgIpc) is 2.96. The highest BCUT2D eigenvalue weighted by atomic mass is 79.9. The molecule has 0 spiro atoms. The molecule has 1 aliphatic heterocycles. The number of nitrogens with one attached hydrogen (secondary N) is 2. The van der Waals surface area contributed by atoms with Crippen molar-refractivity contribution in [3.63, 3.8) is 0 Å². The first-order valence-electron chi connectivity index (χ1n) is 6.44. The third-order valence-electron chi connectivity index (χ3n) is 3.05. The molecule has 110 valence electrons. The number of hydrogen-bond donors (Lipinski definition) is 2. The summed E-state index contributed by atoms with van der Waals surface area (Å²) in [4.78, 5) is 17.4. The SMILES string of the molecule is CCNC1C(=O)Nc2cc(Sc3nc(C)ns3)c(Br)cc21. The highest BCUT2D eigenvalue weighted by Crippen LogP contribution is 2.41. The van der Waals surface area contributed by atoms with Gasteiger partial charge in [0.1, 0.15) is 11.9 Å². The highest BCUT2D eigenvalue weighted by Gasteiger charge is 2.30. The van der Waals surface area contributed by atoms with Crippen LogP contribution < -0.4 is 10.6 Å². The first-order chi connectivity index (χ1) is 10.1. The fourth-order valence-corrected chi connectivity index (χ4v) is 4.42. The molecular formula is C13H13BrN4OS2. The van der Waals surface area contributed by atoms with Crippen molar-refractivity contribution in [2.45, 2.75) is 29.1 Å². The van der Waals surface area contributed by atoms with Gasteiger partial charge in [-0.1, -0.05) is 18.7 Å². The summed E-state index contributed by atoms with van der Waals surface area (Å²) in [5, 5.41) is 6.11. The van der Waals surface area contributed by atoms with E-state index in [-0.39, 0.29) is 11.9 Å². The third-order valence-corrected chi connectivity index (χ3v) is 5.87. The van der Waals surface area contributed by atoms with Crippen molar-refractivity contribution in [1.29, 1.82) is 0 Å². The monoisotopic (exact) mass is 384 g/mol. The Kier molecular flexibility index (Phi) is 4.30. The van der Waals surface area contributed by atoms with Crippen LogP contribution in [0.1, 0.15) is 24.4 Å². The minimum absolute atomic E-state index is 0.00680. The van der Waals surface area contributed by atoms with Crippen molar-refractivity contribution in [2.75, 3.05) is 11.9 Å². The van der Waals surface area contributed by atoms with Crippen molar-refractivity contribution in [1.82, 2.24) is 14.7 Å². The number of benzene rings is 1. The maximum Gasteiger partial charge on any atom is 0.246 e. The number of hydrogen-bond acceptors (Lipinski definition) is 6. The van der Waals surface area contributed by atoms with Crippen LogP contribution in [-0.4, -0.2) is 21.8 Å². The summed E-state index contributed by atoms with van der Waals surface area (Å²) >= 11 is 6.50. The molecule has 5 nitrogen and oxygen atoms in total. The van der Waals surface area contributed by atoms with Crippen LogP contribution in [0.2, 0.25) is 0 Å². The minimum Gasteiger partial charge on any atom is -0.324 e. The van der Waals surface area contributed by atoms with E-state index < -0.39 is 0 Å². The Morgan fingerprint density at radius 1 is 1.52 bits per heavy atom. The van der Waals surface area contributed by atoms with Gasteiger partial charge < -0.3 is 10.6 Å². The van der Waals surface area contributed by atoms with Crippen molar-refractivity contribution in [3.8, 4) is 0 Å². The first kappa shape index (κ1) is 15.0. The Bertz CT molecular complexity index is 703. The normalized spacial score (nSPS) is 16.9. The standard InChI is InChI=1S/C13H13BrN4OS2/c1-3-15-11-7-4-8(14)10(5-9(7)17-12(11)19)20-13-16-6(2)18-21-13/h4-5,11,15H,3H2,1-2H3,(H,17,19). The first-order valence-corrected chi connectivity index (χ1v) is 8.82. The molecule has 0 saturated carbocycles. The Morgan fingerprint density at radius 3 is 3.00 bits per heavy atom. The van der Waals surface area contributed by atoms with Gasteiger partial charge in [0.2, 0.25) is 5.91 Å². The average molecular weight is 385 g/mol. The zero-order chi connectivity index (χ0) is 15.0. The number of fused-ring (bicyclic) bond motifs is 1. The predicted octanol–water partition coefficient (Wildman–Crippen LogP) is 3.36. The molecule has 2 aromatic rings. The molecule has 8 heteroatoms. The molecule has 0 saturated heterocycles. The highest BCUT2D eigenvalue weighted by molar-refractivity contribution is 9.10. The lowest BCUT2D eigenvalue weighted by Gasteiger charge is -2.10. The molecule has 1 aromatic carbocycles. The minimum atomic E-state index is -0.274. The summed E-state index contributed by atoms with van der Waals surface area (Å²) in [5.74, 6) is 0.771. The van der Waals surface area contributed by atoms with Crippen molar-refractivity contribution >= 4 is 50.8 Å². The number of amides is 1. The van der Waals surface area contributed by atoms with Crippen LogP contribution in [0.5, 0.6) is 0 Å². The van der Waals surface area contributed by atoms with E-state index in [2.05, 4.69) is 35.9 Å². The summed E-state index contributed by atoms with van der Waals surface area (Å²) in [5.41, 5.74) is 1.84. The molecule has 1 aliphatic rings. The molecule has 1 atom stereocenters. The van der Waals surface area contributed by atoms with Crippen LogP contribution in [0.15, 0.2) is 25.8 Å². The largest absolute Gasteiger partial charge is 0.324 e. The van der Waals surface area contributed by atoms with E-state index in [0.29, 0.717) is 0 Å². The van der Waals surface area contributed by atoms with Crippen LogP contribution in [0.3, 0.4) is 0 Å². The van der Waals surface area contributed by atoms with Crippen molar-refractivity contribution < 1.29 is 4.79 Å². The number of carbonyl (C=O) groups is 1. The van der Waals surface area contributed by atoms with E-state index in [9.17, 15) is 4.79 Å². The number of aryl methyl sites for hydroxylation is 1. The van der Waals surface area contributed by atoms with Gasteiger partial charge in [0, 0.05) is 20.6 Å². The lowest BCUT2D eigenvalue weighted by Crippen LogP contribution is -2.27. The summed E-state index contributed by atoms with van der Waals surface area (Å²) in [6.07, 6.45) is 0. The molecular weight excluding hydrogens is 372 g/mol. The van der Waals surface area contributed by atoms with Gasteiger partial charge >= 0.3 is 0 Å². The number of halogens is 1. The van der Waals surface area contributed by atoms with Crippen LogP contribution in [0.4, 0.5) is 5.69 Å². The Balaban J connectivity index is 1.92. The molecule has 2 heterocycles. The molecule has 0 radical (unpaired) electrons. The second-order valence-corrected chi connectivity index (χ2v) is 7.45. The number of nitrogens with zero attached hydrogens (tertiary/aromatic N) is 2. The number of anilines is 1. The van der Waals surface area contributed by atoms with Crippen LogP contribution >= 0.6 is 39.2 Å². The zero-order valence-corrected chi connectivity index (χ0v) is 14.7. The van der Waals surface area contributed by atoms with E-state index in [1.165, 1.54) is 11.5 Å². The van der Waals surface area contributed by atoms with E-state index >= 15 is 0 Å². The van der Waals surface area contributed by atoms with Gasteiger partial charge in [-0.25, -0.2) is 4.98 Å². The Labute approximate surface area is 139 Å². The van der Waals surface area contributed by atoms with E-state index in [1.54, 1.807) is 11.8 Å². The zero-order valence-electron chi connectivity index (χ0n) is 11.4. The van der Waals surface area contributed by atoms with Crippen molar-refractivity contribution in [3.05, 3.63) is 28.0 Å². The van der Waals surface area contributed by atoms with E-state index in [4.69, 9.17) is 0 Å². The second kappa shape index (κ2) is 6.04. The molecule has 3 rings (SSSR count). The summed E-state index contributed by atoms with van der Waals surface area (Å²) < 4.78 is 6.02. The van der Waals surface area contributed by atoms with Gasteiger partial charge in [-0.2, -0.15) is 4.37 Å². The smallest absolute Gasteiger partial charge is 0.246 e. The Hall–Kier alpha value is -0.960. The topological polar surface area (TPSA) is 66.9 Å². The van der Waals surface area contributed by atoms with Crippen LogP contribution in [0, 0.1) is 6.92 Å². The molecule has 21 heavy (non-hydrogen) atoms. The lowest BCUT2D eigenvalue weighted by molar-refractivity contribution is -0.117. The maximum atomic E-state index is 12.0. The summed E-state index contributed by atoms with van der Waals surface area (Å²) in [6, 6.07) is 3.71. The van der Waals surface area contributed by atoms with Gasteiger partial charge in [-0.15, -0.1) is 0 Å². The molecule has 1 unspecified atom stereocenters. The lowest BCUT2D eigenvalue weighted by atomic mass is 10.1. The molecule has 1 amide bonds. The Morgan fingerprint density at radius 2 is 2.33 bits per heavy atom. The molecule has 1 aromatic heterocycles. The van der Waals surface area contributed by atoms with Crippen molar-refractivity contribution in [2.24, 2.45) is 0 Å². The van der Waals surface area contributed by atoms with Gasteiger partial charge in [-0.05, 0) is 53.1 Å². The molecule has 0 bridgehead atoms. The maximum absolute atomic E-state index is 12.0. The van der Waals surface area contributed by atoms with Crippen LogP contribution in [0.25, 0.3) is 0 Å². The van der Waals surface area contributed by atoms with E-state index in [1.807, 2.05) is 26.0 Å². The van der Waals surface area contributed by atoms with E-state index in [0.717, 1.165) is 37.3 Å². The van der Waals surface area contributed by atoms with Gasteiger partial charge in [0.25, 0.3) is 0 Å². The molecule has 0 fully saturated rings. The van der Waals surface area contributed by atoms with Gasteiger partial charge in [0.15, 0.2) is 4.34 Å². The molecule has 2 N–H and O–H groups in total. The number of rotatable bonds is 4.